The van der Waals surface area contributed by atoms with Gasteiger partial charge < -0.3 is 10.5 Å². The minimum atomic E-state index is 0.546. The Balaban J connectivity index is 1.61. The summed E-state index contributed by atoms with van der Waals surface area (Å²) in [5.74, 6) is 0. The molecule has 2 aromatic heterocycles. The third-order valence-electron chi connectivity index (χ3n) is 2.32. The van der Waals surface area contributed by atoms with E-state index in [9.17, 15) is 0 Å². The number of anilines is 1. The highest BCUT2D eigenvalue weighted by atomic mass is 32.1. The lowest BCUT2D eigenvalue weighted by Crippen LogP contribution is -1.98. The highest BCUT2D eigenvalue weighted by Crippen LogP contribution is 2.11. The van der Waals surface area contributed by atoms with E-state index in [1.807, 2.05) is 29.9 Å². The maximum atomic E-state index is 5.53. The van der Waals surface area contributed by atoms with Crippen LogP contribution < -0.4 is 5.73 Å². The van der Waals surface area contributed by atoms with Crippen molar-refractivity contribution in [2.24, 2.45) is 0 Å². The minimum absolute atomic E-state index is 0.546. The van der Waals surface area contributed by atoms with E-state index in [-0.39, 0.29) is 0 Å². The second-order valence-electron chi connectivity index (χ2n) is 3.69. The normalized spacial score (nSPS) is 10.6. The predicted octanol–water partition coefficient (Wildman–Crippen LogP) is 2.27. The molecule has 0 spiro atoms. The standard InChI is InChI=1S/C12H15N3OS/c13-12-15-11(9-17-12)8-16-7-1-2-10-3-5-14-6-4-10/h3-6,9H,1-2,7-8H2,(H2,13,15). The zero-order chi connectivity index (χ0) is 11.9. The molecular formula is C12H15N3OS. The molecule has 5 heteroatoms. The number of thiazole rings is 1. The molecule has 0 fully saturated rings. The van der Waals surface area contributed by atoms with Crippen LogP contribution in [-0.2, 0) is 17.8 Å². The Hall–Kier alpha value is -1.46. The van der Waals surface area contributed by atoms with Gasteiger partial charge in [0.1, 0.15) is 0 Å². The van der Waals surface area contributed by atoms with E-state index in [0.29, 0.717) is 11.7 Å². The largest absolute Gasteiger partial charge is 0.375 e. The van der Waals surface area contributed by atoms with E-state index in [0.717, 1.165) is 25.1 Å². The van der Waals surface area contributed by atoms with Crippen LogP contribution in [0.1, 0.15) is 17.7 Å². The topological polar surface area (TPSA) is 61.0 Å². The van der Waals surface area contributed by atoms with Gasteiger partial charge in [-0.05, 0) is 30.5 Å². The molecular weight excluding hydrogens is 234 g/mol. The van der Waals surface area contributed by atoms with Crippen molar-refractivity contribution < 1.29 is 4.74 Å². The van der Waals surface area contributed by atoms with Gasteiger partial charge in [0.05, 0.1) is 12.3 Å². The second kappa shape index (κ2) is 6.32. The number of ether oxygens (including phenoxy) is 1. The number of aryl methyl sites for hydroxylation is 1. The SMILES string of the molecule is Nc1nc(COCCCc2ccncc2)cs1. The van der Waals surface area contributed by atoms with Gasteiger partial charge in [0, 0.05) is 24.4 Å². The molecule has 2 rings (SSSR count). The molecule has 0 aliphatic carbocycles. The Morgan fingerprint density at radius 1 is 1.29 bits per heavy atom. The molecule has 0 bridgehead atoms. The fourth-order valence-electron chi connectivity index (χ4n) is 1.49. The molecule has 0 saturated carbocycles. The Morgan fingerprint density at radius 3 is 2.82 bits per heavy atom. The highest BCUT2D eigenvalue weighted by Gasteiger charge is 1.98. The monoisotopic (exact) mass is 249 g/mol. The van der Waals surface area contributed by atoms with Crippen molar-refractivity contribution in [1.29, 1.82) is 0 Å². The van der Waals surface area contributed by atoms with Crippen molar-refractivity contribution in [1.82, 2.24) is 9.97 Å². The first kappa shape index (κ1) is 12.0. The van der Waals surface area contributed by atoms with Gasteiger partial charge in [0.25, 0.3) is 0 Å². The van der Waals surface area contributed by atoms with Gasteiger partial charge in [-0.15, -0.1) is 11.3 Å². The highest BCUT2D eigenvalue weighted by molar-refractivity contribution is 7.13. The molecule has 2 aromatic rings. The average Bonchev–Trinajstić information content (AvgIpc) is 2.76. The van der Waals surface area contributed by atoms with Crippen molar-refractivity contribution in [3.05, 3.63) is 41.2 Å². The van der Waals surface area contributed by atoms with E-state index >= 15 is 0 Å². The van der Waals surface area contributed by atoms with E-state index in [4.69, 9.17) is 10.5 Å². The lowest BCUT2D eigenvalue weighted by Gasteiger charge is -2.02. The molecule has 0 atom stereocenters. The zero-order valence-electron chi connectivity index (χ0n) is 9.50. The fraction of sp³-hybridized carbons (Fsp3) is 0.333. The number of hydrogen-bond donors (Lipinski definition) is 1. The predicted molar refractivity (Wildman–Crippen MR) is 68.7 cm³/mol. The Bertz CT molecular complexity index is 444. The molecule has 90 valence electrons. The van der Waals surface area contributed by atoms with Crippen molar-refractivity contribution in [3.8, 4) is 0 Å². The lowest BCUT2D eigenvalue weighted by atomic mass is 10.1. The van der Waals surface area contributed by atoms with Crippen molar-refractivity contribution >= 4 is 16.5 Å². The van der Waals surface area contributed by atoms with Crippen LogP contribution in [0.3, 0.4) is 0 Å². The number of nitrogen functional groups attached to an aromatic ring is 1. The van der Waals surface area contributed by atoms with Crippen LogP contribution in [-0.4, -0.2) is 16.6 Å². The number of aromatic nitrogens is 2. The number of rotatable bonds is 6. The third kappa shape index (κ3) is 4.13. The van der Waals surface area contributed by atoms with Crippen LogP contribution in [0.25, 0.3) is 0 Å². The smallest absolute Gasteiger partial charge is 0.180 e. The number of nitrogens with two attached hydrogens (primary N) is 1. The van der Waals surface area contributed by atoms with E-state index in [2.05, 4.69) is 9.97 Å². The quantitative estimate of drug-likeness (QED) is 0.798. The van der Waals surface area contributed by atoms with Gasteiger partial charge in [-0.25, -0.2) is 4.98 Å². The van der Waals surface area contributed by atoms with Crippen LogP contribution in [0.5, 0.6) is 0 Å². The maximum Gasteiger partial charge on any atom is 0.180 e. The summed E-state index contributed by atoms with van der Waals surface area (Å²) in [4.78, 5) is 8.11. The van der Waals surface area contributed by atoms with E-state index < -0.39 is 0 Å². The van der Waals surface area contributed by atoms with E-state index in [1.165, 1.54) is 16.9 Å². The number of nitrogens with zero attached hydrogens (tertiary/aromatic N) is 2. The van der Waals surface area contributed by atoms with Gasteiger partial charge in [-0.1, -0.05) is 0 Å². The van der Waals surface area contributed by atoms with Crippen LogP contribution in [0.4, 0.5) is 5.13 Å². The van der Waals surface area contributed by atoms with Crippen molar-refractivity contribution in [2.45, 2.75) is 19.4 Å². The van der Waals surface area contributed by atoms with Gasteiger partial charge in [0.15, 0.2) is 5.13 Å². The van der Waals surface area contributed by atoms with Crippen LogP contribution >= 0.6 is 11.3 Å². The Labute approximate surface area is 104 Å². The van der Waals surface area contributed by atoms with E-state index in [1.54, 1.807) is 0 Å². The summed E-state index contributed by atoms with van der Waals surface area (Å²) >= 11 is 1.44. The minimum Gasteiger partial charge on any atom is -0.375 e. The molecule has 2 heterocycles. The third-order valence-corrected chi connectivity index (χ3v) is 3.05. The second-order valence-corrected chi connectivity index (χ2v) is 4.58. The molecule has 0 unspecified atom stereocenters. The van der Waals surface area contributed by atoms with Crippen molar-refractivity contribution in [3.63, 3.8) is 0 Å². The van der Waals surface area contributed by atoms with Crippen molar-refractivity contribution in [2.75, 3.05) is 12.3 Å². The van der Waals surface area contributed by atoms with Gasteiger partial charge in [-0.3, -0.25) is 4.98 Å². The average molecular weight is 249 g/mol. The molecule has 0 aliphatic heterocycles. The summed E-state index contributed by atoms with van der Waals surface area (Å²) in [6.45, 7) is 1.28. The zero-order valence-corrected chi connectivity index (χ0v) is 10.3. The van der Waals surface area contributed by atoms with Gasteiger partial charge in [0.2, 0.25) is 0 Å². The molecule has 17 heavy (non-hydrogen) atoms. The molecule has 2 N–H and O–H groups in total. The molecule has 0 aromatic carbocycles. The van der Waals surface area contributed by atoms with Gasteiger partial charge in [-0.2, -0.15) is 0 Å². The summed E-state index contributed by atoms with van der Waals surface area (Å²) in [7, 11) is 0. The molecule has 0 saturated heterocycles. The first-order valence-corrected chi connectivity index (χ1v) is 6.39. The van der Waals surface area contributed by atoms with Crippen LogP contribution in [0.15, 0.2) is 29.9 Å². The first-order valence-electron chi connectivity index (χ1n) is 5.51. The maximum absolute atomic E-state index is 5.53. The fourth-order valence-corrected chi connectivity index (χ4v) is 2.04. The first-order chi connectivity index (χ1) is 8.34. The summed E-state index contributed by atoms with van der Waals surface area (Å²) in [6.07, 6.45) is 5.65. The molecule has 4 nitrogen and oxygen atoms in total. The number of hydrogen-bond acceptors (Lipinski definition) is 5. The molecule has 0 amide bonds. The summed E-state index contributed by atoms with van der Waals surface area (Å²) in [6, 6.07) is 4.06. The Morgan fingerprint density at radius 2 is 2.12 bits per heavy atom. The summed E-state index contributed by atoms with van der Waals surface area (Å²) < 4.78 is 5.53. The lowest BCUT2D eigenvalue weighted by molar-refractivity contribution is 0.116. The summed E-state index contributed by atoms with van der Waals surface area (Å²) in [5, 5.41) is 2.53. The van der Waals surface area contributed by atoms with Crippen LogP contribution in [0, 0.1) is 0 Å². The number of pyridine rings is 1. The molecule has 0 aliphatic rings. The summed E-state index contributed by atoms with van der Waals surface area (Å²) in [5.41, 5.74) is 7.74. The van der Waals surface area contributed by atoms with Gasteiger partial charge >= 0.3 is 0 Å². The Kier molecular flexibility index (Phi) is 4.46. The molecule has 0 radical (unpaired) electrons. The van der Waals surface area contributed by atoms with Crippen LogP contribution in [0.2, 0.25) is 0 Å².